The Labute approximate surface area is 169 Å². The molecule has 8 heteroatoms. The number of carbonyl (C=O) groups excluding carboxylic acids is 1. The minimum absolute atomic E-state index is 0.0345. The third-order valence-corrected chi connectivity index (χ3v) is 5.67. The van der Waals surface area contributed by atoms with E-state index in [1.54, 1.807) is 18.2 Å². The quantitative estimate of drug-likeness (QED) is 0.546. The number of anilines is 2. The molecule has 1 aromatic carbocycles. The Hall–Kier alpha value is -1.85. The Morgan fingerprint density at radius 1 is 1.38 bits per heavy atom. The first kappa shape index (κ1) is 18.9. The van der Waals surface area contributed by atoms with E-state index in [4.69, 9.17) is 16.3 Å². The van der Waals surface area contributed by atoms with E-state index in [0.717, 1.165) is 28.1 Å². The number of thiophene rings is 1. The van der Waals surface area contributed by atoms with Crippen LogP contribution in [0.2, 0.25) is 5.02 Å². The second-order valence-corrected chi connectivity index (χ2v) is 7.85. The molecule has 134 valence electrons. The van der Waals surface area contributed by atoms with Crippen molar-refractivity contribution < 1.29 is 9.53 Å². The average molecular weight is 453 g/mol. The predicted octanol–water partition coefficient (Wildman–Crippen LogP) is 4.55. The first-order chi connectivity index (χ1) is 12.6. The molecule has 0 aliphatic carbocycles. The summed E-state index contributed by atoms with van der Waals surface area (Å²) >= 11 is 10.9. The molecular weight excluding hydrogens is 438 g/mol. The number of hydrogen-bond donors (Lipinski definition) is 1. The van der Waals surface area contributed by atoms with Crippen LogP contribution in [0.3, 0.4) is 0 Å². The van der Waals surface area contributed by atoms with Crippen LogP contribution in [0.15, 0.2) is 39.7 Å². The molecule has 1 aromatic heterocycles. The van der Waals surface area contributed by atoms with Crippen LogP contribution in [0.25, 0.3) is 6.08 Å². The highest BCUT2D eigenvalue weighted by Crippen LogP contribution is 2.30. The smallest absolute Gasteiger partial charge is 0.266 e. The number of ether oxygens (including phenoxy) is 1. The van der Waals surface area contributed by atoms with Crippen molar-refractivity contribution in [1.82, 2.24) is 0 Å². The van der Waals surface area contributed by atoms with Gasteiger partial charge in [0, 0.05) is 32.8 Å². The topological polar surface area (TPSA) is 65.4 Å². The number of hydrogen-bond acceptors (Lipinski definition) is 5. The van der Waals surface area contributed by atoms with E-state index in [9.17, 15) is 10.1 Å². The van der Waals surface area contributed by atoms with Crippen molar-refractivity contribution in [3.63, 3.8) is 0 Å². The molecule has 2 heterocycles. The summed E-state index contributed by atoms with van der Waals surface area (Å²) in [6, 6.07) is 9.17. The first-order valence-corrected chi connectivity index (χ1v) is 9.91. The van der Waals surface area contributed by atoms with Gasteiger partial charge in [-0.25, -0.2) is 0 Å². The molecule has 1 N–H and O–H groups in total. The summed E-state index contributed by atoms with van der Waals surface area (Å²) in [5, 5.41) is 14.6. The zero-order valence-electron chi connectivity index (χ0n) is 13.7. The van der Waals surface area contributed by atoms with Crippen molar-refractivity contribution in [1.29, 1.82) is 5.26 Å². The molecule has 1 fully saturated rings. The van der Waals surface area contributed by atoms with Gasteiger partial charge in [0.15, 0.2) is 0 Å². The average Bonchev–Trinajstić information content (AvgIpc) is 3.05. The predicted molar refractivity (Wildman–Crippen MR) is 109 cm³/mol. The van der Waals surface area contributed by atoms with Gasteiger partial charge in [0.2, 0.25) is 0 Å². The Kier molecular flexibility index (Phi) is 6.33. The van der Waals surface area contributed by atoms with Crippen molar-refractivity contribution in [2.75, 3.05) is 36.5 Å². The highest BCUT2D eigenvalue weighted by molar-refractivity contribution is 9.10. The zero-order valence-corrected chi connectivity index (χ0v) is 16.8. The number of carbonyl (C=O) groups is 1. The number of benzene rings is 1. The Bertz CT molecular complexity index is 885. The van der Waals surface area contributed by atoms with Crippen LogP contribution in [-0.4, -0.2) is 32.2 Å². The van der Waals surface area contributed by atoms with Gasteiger partial charge in [0.25, 0.3) is 5.91 Å². The van der Waals surface area contributed by atoms with E-state index in [1.807, 2.05) is 23.6 Å². The molecule has 5 nitrogen and oxygen atoms in total. The zero-order chi connectivity index (χ0) is 18.5. The van der Waals surface area contributed by atoms with Crippen LogP contribution in [0.4, 0.5) is 11.4 Å². The number of amides is 1. The van der Waals surface area contributed by atoms with E-state index in [-0.39, 0.29) is 5.57 Å². The number of rotatable bonds is 4. The fraction of sp³-hybridized carbons (Fsp3) is 0.222. The first-order valence-electron chi connectivity index (χ1n) is 7.86. The summed E-state index contributed by atoms with van der Waals surface area (Å²) in [7, 11) is 0. The second-order valence-electron chi connectivity index (χ2n) is 5.55. The molecule has 1 saturated heterocycles. The number of morpholine rings is 1. The summed E-state index contributed by atoms with van der Waals surface area (Å²) in [6.07, 6.45) is 1.57. The van der Waals surface area contributed by atoms with E-state index in [2.05, 4.69) is 26.1 Å². The molecule has 0 saturated carbocycles. The molecule has 0 bridgehead atoms. The number of halogens is 2. The van der Waals surface area contributed by atoms with Gasteiger partial charge in [0.1, 0.15) is 11.6 Å². The molecular formula is C18H15BrClN3O2S. The Morgan fingerprint density at radius 3 is 2.81 bits per heavy atom. The van der Waals surface area contributed by atoms with Crippen LogP contribution in [0, 0.1) is 11.3 Å². The molecule has 26 heavy (non-hydrogen) atoms. The van der Waals surface area contributed by atoms with Crippen LogP contribution in [0.1, 0.15) is 4.88 Å². The van der Waals surface area contributed by atoms with Crippen LogP contribution in [0.5, 0.6) is 0 Å². The monoisotopic (exact) mass is 451 g/mol. The standard InChI is InChI=1S/C18H15BrClN3O2S/c19-13-8-15(26-11-13)7-12(10-21)18(24)22-16-9-14(20)1-2-17(16)23-3-5-25-6-4-23/h1-2,7-9,11H,3-6H2,(H,22,24)/b12-7+. The van der Waals surface area contributed by atoms with Gasteiger partial charge < -0.3 is 15.0 Å². The van der Waals surface area contributed by atoms with Gasteiger partial charge in [-0.05, 0) is 46.3 Å². The highest BCUT2D eigenvalue weighted by Gasteiger charge is 2.18. The van der Waals surface area contributed by atoms with Gasteiger partial charge >= 0.3 is 0 Å². The van der Waals surface area contributed by atoms with E-state index < -0.39 is 5.91 Å². The molecule has 1 aliphatic heterocycles. The maximum absolute atomic E-state index is 12.6. The number of nitriles is 1. The lowest BCUT2D eigenvalue weighted by atomic mass is 10.2. The third-order valence-electron chi connectivity index (χ3n) is 3.80. The largest absolute Gasteiger partial charge is 0.378 e. The SMILES string of the molecule is N#C/C(=C\c1cc(Br)cs1)C(=O)Nc1cc(Cl)ccc1N1CCOCC1. The lowest BCUT2D eigenvalue weighted by Crippen LogP contribution is -2.36. The number of nitrogens with one attached hydrogen (secondary N) is 1. The maximum atomic E-state index is 12.6. The molecule has 2 aromatic rings. The number of nitrogens with zero attached hydrogens (tertiary/aromatic N) is 2. The van der Waals surface area contributed by atoms with Gasteiger partial charge in [-0.1, -0.05) is 11.6 Å². The molecule has 0 spiro atoms. The minimum Gasteiger partial charge on any atom is -0.378 e. The third kappa shape index (κ3) is 4.65. The van der Waals surface area contributed by atoms with Crippen molar-refractivity contribution >= 4 is 62.2 Å². The normalized spacial score (nSPS) is 14.8. The molecule has 0 radical (unpaired) electrons. The van der Waals surface area contributed by atoms with Crippen LogP contribution < -0.4 is 10.2 Å². The van der Waals surface area contributed by atoms with E-state index >= 15 is 0 Å². The van der Waals surface area contributed by atoms with E-state index in [1.165, 1.54) is 11.3 Å². The summed E-state index contributed by atoms with van der Waals surface area (Å²) in [5.74, 6) is -0.464. The summed E-state index contributed by atoms with van der Waals surface area (Å²) in [4.78, 5) is 15.6. The van der Waals surface area contributed by atoms with Crippen LogP contribution in [-0.2, 0) is 9.53 Å². The van der Waals surface area contributed by atoms with Crippen molar-refractivity contribution in [2.45, 2.75) is 0 Å². The van der Waals surface area contributed by atoms with Gasteiger partial charge in [0.05, 0.1) is 24.6 Å². The summed E-state index contributed by atoms with van der Waals surface area (Å²) < 4.78 is 6.29. The summed E-state index contributed by atoms with van der Waals surface area (Å²) in [6.45, 7) is 2.72. The van der Waals surface area contributed by atoms with Gasteiger partial charge in [-0.15, -0.1) is 11.3 Å². The molecule has 1 amide bonds. The lowest BCUT2D eigenvalue weighted by molar-refractivity contribution is -0.112. The van der Waals surface area contributed by atoms with Gasteiger partial charge in [-0.3, -0.25) is 4.79 Å². The molecule has 3 rings (SSSR count). The minimum atomic E-state index is -0.464. The van der Waals surface area contributed by atoms with Crippen molar-refractivity contribution in [2.24, 2.45) is 0 Å². The highest BCUT2D eigenvalue weighted by atomic mass is 79.9. The fourth-order valence-electron chi connectivity index (χ4n) is 2.57. The summed E-state index contributed by atoms with van der Waals surface area (Å²) in [5.41, 5.74) is 1.48. The van der Waals surface area contributed by atoms with Gasteiger partial charge in [-0.2, -0.15) is 5.26 Å². The maximum Gasteiger partial charge on any atom is 0.266 e. The Morgan fingerprint density at radius 2 is 2.15 bits per heavy atom. The van der Waals surface area contributed by atoms with E-state index in [0.29, 0.717) is 23.9 Å². The molecule has 0 unspecified atom stereocenters. The Balaban J connectivity index is 1.85. The van der Waals surface area contributed by atoms with Crippen molar-refractivity contribution in [3.8, 4) is 6.07 Å². The fourth-order valence-corrected chi connectivity index (χ4v) is 4.12. The van der Waals surface area contributed by atoms with Crippen molar-refractivity contribution in [3.05, 3.63) is 49.6 Å². The second kappa shape index (κ2) is 8.69. The molecule has 0 atom stereocenters. The molecule has 1 aliphatic rings. The van der Waals surface area contributed by atoms with Crippen LogP contribution >= 0.6 is 38.9 Å². The lowest BCUT2D eigenvalue weighted by Gasteiger charge is -2.30.